The smallest absolute Gasteiger partial charge is 0.279 e. The molecule has 0 aromatic rings. The Balaban J connectivity index is 1.83. The first-order chi connectivity index (χ1) is 9.51. The van der Waals surface area contributed by atoms with Crippen LogP contribution in [0.1, 0.15) is 32.6 Å². The Hall–Kier alpha value is -0.210. The fourth-order valence-electron chi connectivity index (χ4n) is 3.11. The lowest BCUT2D eigenvalue weighted by Gasteiger charge is -2.35. The first kappa shape index (κ1) is 16.2. The molecule has 20 heavy (non-hydrogen) atoms. The zero-order valence-corrected chi connectivity index (χ0v) is 13.2. The maximum absolute atomic E-state index is 12.4. The van der Waals surface area contributed by atoms with Crippen molar-refractivity contribution in [3.63, 3.8) is 0 Å². The summed E-state index contributed by atoms with van der Waals surface area (Å²) in [5.41, 5.74) is 5.55. The summed E-state index contributed by atoms with van der Waals surface area (Å²) in [6, 6.07) is 0.0752. The molecule has 2 saturated heterocycles. The summed E-state index contributed by atoms with van der Waals surface area (Å²) in [7, 11) is -3.31. The number of nitrogens with zero attached hydrogens (tertiary/aromatic N) is 2. The summed E-state index contributed by atoms with van der Waals surface area (Å²) in [4.78, 5) is 2.30. The normalized spacial score (nSPS) is 27.8. The molecule has 1 atom stereocenters. The third-order valence-corrected chi connectivity index (χ3v) is 5.95. The molecule has 7 heteroatoms. The minimum absolute atomic E-state index is 0.0752. The van der Waals surface area contributed by atoms with Gasteiger partial charge in [0.2, 0.25) is 0 Å². The molecule has 2 aliphatic rings. The predicted molar refractivity (Wildman–Crippen MR) is 80.5 cm³/mol. The van der Waals surface area contributed by atoms with Gasteiger partial charge in [0.15, 0.2) is 0 Å². The molecule has 0 aliphatic carbocycles. The molecular formula is C13H28N4O2S. The second-order valence-corrected chi connectivity index (χ2v) is 7.84. The van der Waals surface area contributed by atoms with E-state index in [0.29, 0.717) is 25.6 Å². The second-order valence-electron chi connectivity index (χ2n) is 6.13. The fourth-order valence-corrected chi connectivity index (χ4v) is 4.73. The van der Waals surface area contributed by atoms with E-state index in [0.717, 1.165) is 45.3 Å². The van der Waals surface area contributed by atoms with Crippen LogP contribution in [0.5, 0.6) is 0 Å². The van der Waals surface area contributed by atoms with Gasteiger partial charge in [0, 0.05) is 32.2 Å². The van der Waals surface area contributed by atoms with Crippen molar-refractivity contribution in [2.24, 2.45) is 11.7 Å². The van der Waals surface area contributed by atoms with Gasteiger partial charge in [0.1, 0.15) is 0 Å². The Morgan fingerprint density at radius 2 is 1.90 bits per heavy atom. The molecule has 2 heterocycles. The molecule has 1 unspecified atom stereocenters. The van der Waals surface area contributed by atoms with Gasteiger partial charge in [-0.1, -0.05) is 6.92 Å². The van der Waals surface area contributed by atoms with Crippen LogP contribution in [-0.2, 0) is 10.2 Å². The van der Waals surface area contributed by atoms with Crippen LogP contribution in [0.3, 0.4) is 0 Å². The van der Waals surface area contributed by atoms with E-state index in [1.807, 2.05) is 0 Å². The highest BCUT2D eigenvalue weighted by Gasteiger charge is 2.30. The third-order valence-electron chi connectivity index (χ3n) is 4.31. The van der Waals surface area contributed by atoms with E-state index in [1.165, 1.54) is 0 Å². The van der Waals surface area contributed by atoms with E-state index in [9.17, 15) is 8.42 Å². The van der Waals surface area contributed by atoms with Crippen molar-refractivity contribution in [3.8, 4) is 0 Å². The van der Waals surface area contributed by atoms with Gasteiger partial charge in [-0.25, -0.2) is 0 Å². The van der Waals surface area contributed by atoms with E-state index in [4.69, 9.17) is 5.73 Å². The van der Waals surface area contributed by atoms with Gasteiger partial charge < -0.3 is 10.6 Å². The SMILES string of the molecule is CC1CCCN(S(=O)(=O)NC2CCN(CCN)CC2)C1. The largest absolute Gasteiger partial charge is 0.329 e. The molecule has 0 saturated carbocycles. The quantitative estimate of drug-likeness (QED) is 0.748. The lowest BCUT2D eigenvalue weighted by Crippen LogP contribution is -2.51. The van der Waals surface area contributed by atoms with Crippen LogP contribution in [-0.4, -0.2) is 62.9 Å². The Morgan fingerprint density at radius 3 is 2.50 bits per heavy atom. The average molecular weight is 304 g/mol. The van der Waals surface area contributed by atoms with Crippen molar-refractivity contribution in [1.29, 1.82) is 0 Å². The van der Waals surface area contributed by atoms with Crippen molar-refractivity contribution in [1.82, 2.24) is 13.9 Å². The van der Waals surface area contributed by atoms with Crippen LogP contribution >= 0.6 is 0 Å². The topological polar surface area (TPSA) is 78.7 Å². The predicted octanol–water partition coefficient (Wildman–Crippen LogP) is -0.0242. The van der Waals surface area contributed by atoms with Gasteiger partial charge >= 0.3 is 0 Å². The van der Waals surface area contributed by atoms with Crippen molar-refractivity contribution < 1.29 is 8.42 Å². The Bertz CT molecular complexity index is 393. The summed E-state index contributed by atoms with van der Waals surface area (Å²) in [5.74, 6) is 0.465. The van der Waals surface area contributed by atoms with Crippen LogP contribution in [0, 0.1) is 5.92 Å². The molecule has 0 amide bonds. The molecule has 0 spiro atoms. The molecule has 3 N–H and O–H groups in total. The zero-order chi connectivity index (χ0) is 14.6. The van der Waals surface area contributed by atoms with Crippen LogP contribution < -0.4 is 10.5 Å². The van der Waals surface area contributed by atoms with Gasteiger partial charge in [0.05, 0.1) is 0 Å². The molecule has 0 radical (unpaired) electrons. The highest BCUT2D eigenvalue weighted by molar-refractivity contribution is 7.87. The van der Waals surface area contributed by atoms with Crippen molar-refractivity contribution in [2.75, 3.05) is 39.3 Å². The van der Waals surface area contributed by atoms with E-state index >= 15 is 0 Å². The molecule has 6 nitrogen and oxygen atoms in total. The number of hydrogen-bond acceptors (Lipinski definition) is 4. The summed E-state index contributed by atoms with van der Waals surface area (Å²) in [6.07, 6.45) is 3.85. The fraction of sp³-hybridized carbons (Fsp3) is 1.00. The molecule has 0 bridgehead atoms. The van der Waals surface area contributed by atoms with E-state index in [-0.39, 0.29) is 6.04 Å². The number of nitrogens with two attached hydrogens (primary N) is 1. The van der Waals surface area contributed by atoms with Crippen LogP contribution in [0.2, 0.25) is 0 Å². The monoisotopic (exact) mass is 304 g/mol. The Labute approximate surface area is 122 Å². The van der Waals surface area contributed by atoms with E-state index < -0.39 is 10.2 Å². The zero-order valence-electron chi connectivity index (χ0n) is 12.4. The van der Waals surface area contributed by atoms with E-state index in [2.05, 4.69) is 16.5 Å². The van der Waals surface area contributed by atoms with Gasteiger partial charge in [-0.15, -0.1) is 0 Å². The summed E-state index contributed by atoms with van der Waals surface area (Å²) < 4.78 is 29.3. The summed E-state index contributed by atoms with van der Waals surface area (Å²) >= 11 is 0. The average Bonchev–Trinajstić information content (AvgIpc) is 2.41. The molecule has 2 fully saturated rings. The van der Waals surface area contributed by atoms with Gasteiger partial charge in [-0.05, 0) is 44.7 Å². The van der Waals surface area contributed by atoms with Crippen LogP contribution in [0.15, 0.2) is 0 Å². The highest BCUT2D eigenvalue weighted by atomic mass is 32.2. The summed E-state index contributed by atoms with van der Waals surface area (Å²) in [6.45, 7) is 6.87. The minimum Gasteiger partial charge on any atom is -0.329 e. The highest BCUT2D eigenvalue weighted by Crippen LogP contribution is 2.19. The lowest BCUT2D eigenvalue weighted by molar-refractivity contribution is 0.209. The van der Waals surface area contributed by atoms with Crippen molar-refractivity contribution in [3.05, 3.63) is 0 Å². The van der Waals surface area contributed by atoms with Crippen molar-refractivity contribution in [2.45, 2.75) is 38.6 Å². The van der Waals surface area contributed by atoms with Gasteiger partial charge in [-0.2, -0.15) is 17.4 Å². The molecule has 0 aromatic heterocycles. The first-order valence-corrected chi connectivity index (χ1v) is 9.15. The number of piperidine rings is 2. The van der Waals surface area contributed by atoms with Gasteiger partial charge in [0.25, 0.3) is 10.2 Å². The third kappa shape index (κ3) is 4.39. The minimum atomic E-state index is -3.31. The molecule has 2 rings (SSSR count). The standard InChI is InChI=1S/C13H28N4O2S/c1-12-3-2-7-17(11-12)20(18,19)15-13-4-8-16(9-5-13)10-6-14/h12-13,15H,2-11,14H2,1H3. The number of likely N-dealkylation sites (tertiary alicyclic amines) is 1. The summed E-state index contributed by atoms with van der Waals surface area (Å²) in [5, 5.41) is 0. The second kappa shape index (κ2) is 7.17. The van der Waals surface area contributed by atoms with Crippen LogP contribution in [0.4, 0.5) is 0 Å². The van der Waals surface area contributed by atoms with Crippen LogP contribution in [0.25, 0.3) is 0 Å². The van der Waals surface area contributed by atoms with Gasteiger partial charge in [-0.3, -0.25) is 0 Å². The van der Waals surface area contributed by atoms with Crippen molar-refractivity contribution >= 4 is 10.2 Å². The maximum Gasteiger partial charge on any atom is 0.279 e. The number of hydrogen-bond donors (Lipinski definition) is 2. The molecule has 2 aliphatic heterocycles. The first-order valence-electron chi connectivity index (χ1n) is 7.71. The Morgan fingerprint density at radius 1 is 1.20 bits per heavy atom. The number of nitrogens with one attached hydrogen (secondary N) is 1. The molecule has 0 aromatic carbocycles. The maximum atomic E-state index is 12.4. The molecular weight excluding hydrogens is 276 g/mol. The van der Waals surface area contributed by atoms with E-state index in [1.54, 1.807) is 4.31 Å². The molecule has 118 valence electrons. The lowest BCUT2D eigenvalue weighted by atomic mass is 10.0. The Kier molecular flexibility index (Phi) is 5.80. The number of rotatable bonds is 5.